The predicted molar refractivity (Wildman–Crippen MR) is 107 cm³/mol. The number of hydrogen-bond acceptors (Lipinski definition) is 7. The van der Waals surface area contributed by atoms with Gasteiger partial charge in [-0.25, -0.2) is 0 Å². The van der Waals surface area contributed by atoms with E-state index in [0.717, 1.165) is 5.56 Å². The summed E-state index contributed by atoms with van der Waals surface area (Å²) in [5.74, 6) is 0.814. The van der Waals surface area contributed by atoms with Crippen molar-refractivity contribution in [2.45, 2.75) is 6.92 Å². The number of halogens is 1. The first-order chi connectivity index (χ1) is 14.0. The van der Waals surface area contributed by atoms with E-state index in [-0.39, 0.29) is 22.5 Å². The molecule has 0 fully saturated rings. The third-order valence-corrected chi connectivity index (χ3v) is 4.40. The molecule has 0 saturated heterocycles. The number of nitrogens with zero attached hydrogens (tertiary/aromatic N) is 4. The maximum Gasteiger partial charge on any atom is 0.270 e. The van der Waals surface area contributed by atoms with Crippen molar-refractivity contribution < 1.29 is 13.9 Å². The lowest BCUT2D eigenvalue weighted by Crippen LogP contribution is -1.87. The van der Waals surface area contributed by atoms with Gasteiger partial charge >= 0.3 is 0 Å². The Balaban J connectivity index is 1.69. The Morgan fingerprint density at radius 2 is 1.93 bits per heavy atom. The summed E-state index contributed by atoms with van der Waals surface area (Å²) in [6.07, 6.45) is 1.52. The Morgan fingerprint density at radius 1 is 1.14 bits per heavy atom. The molecule has 0 aliphatic carbocycles. The normalized spacial score (nSPS) is 11.6. The second-order valence-corrected chi connectivity index (χ2v) is 6.49. The van der Waals surface area contributed by atoms with E-state index in [4.69, 9.17) is 20.5 Å². The summed E-state index contributed by atoms with van der Waals surface area (Å²) in [4.78, 5) is 10.4. The van der Waals surface area contributed by atoms with Crippen molar-refractivity contribution in [3.63, 3.8) is 0 Å². The van der Waals surface area contributed by atoms with Gasteiger partial charge in [0.05, 0.1) is 4.92 Å². The summed E-state index contributed by atoms with van der Waals surface area (Å²) in [5, 5.41) is 23.2. The van der Waals surface area contributed by atoms with Crippen LogP contribution < -0.4 is 0 Å². The molecule has 0 amide bonds. The van der Waals surface area contributed by atoms with Crippen LogP contribution in [0.1, 0.15) is 17.2 Å². The highest BCUT2D eigenvalue weighted by Gasteiger charge is 2.22. The molecule has 4 aromatic rings. The van der Waals surface area contributed by atoms with E-state index in [9.17, 15) is 10.1 Å². The lowest BCUT2D eigenvalue weighted by atomic mass is 10.1. The van der Waals surface area contributed by atoms with Gasteiger partial charge in [0, 0.05) is 17.7 Å². The van der Waals surface area contributed by atoms with Gasteiger partial charge in [0.1, 0.15) is 22.0 Å². The highest BCUT2D eigenvalue weighted by Crippen LogP contribution is 2.34. The van der Waals surface area contributed by atoms with Crippen LogP contribution in [0.4, 0.5) is 5.69 Å². The SMILES string of the molecule is Cc1onc(-c2ccccc2)c1-c1nnc(/C(Cl)=C/c2cccc([N+](=O)[O-])c2)o1. The molecule has 2 heterocycles. The average Bonchev–Trinajstić information content (AvgIpc) is 3.35. The van der Waals surface area contributed by atoms with Crippen molar-refractivity contribution in [2.75, 3.05) is 0 Å². The fourth-order valence-electron chi connectivity index (χ4n) is 2.77. The molecule has 0 bridgehead atoms. The fourth-order valence-corrected chi connectivity index (χ4v) is 2.98. The number of benzene rings is 2. The van der Waals surface area contributed by atoms with E-state index >= 15 is 0 Å². The Hall–Kier alpha value is -3.78. The Morgan fingerprint density at radius 3 is 2.69 bits per heavy atom. The Bertz CT molecular complexity index is 1210. The molecule has 0 unspecified atom stereocenters. The zero-order chi connectivity index (χ0) is 20.4. The first kappa shape index (κ1) is 18.6. The van der Waals surface area contributed by atoms with Crippen molar-refractivity contribution in [3.8, 4) is 22.7 Å². The van der Waals surface area contributed by atoms with Gasteiger partial charge in [-0.05, 0) is 18.6 Å². The summed E-state index contributed by atoms with van der Waals surface area (Å²) in [6.45, 7) is 1.75. The summed E-state index contributed by atoms with van der Waals surface area (Å²) in [5.41, 5.74) is 2.50. The number of aryl methyl sites for hydroxylation is 1. The molecule has 0 spiro atoms. The molecule has 9 heteroatoms. The van der Waals surface area contributed by atoms with Gasteiger partial charge in [0.25, 0.3) is 17.5 Å². The van der Waals surface area contributed by atoms with Gasteiger partial charge in [0.15, 0.2) is 0 Å². The molecule has 144 valence electrons. The molecule has 2 aromatic heterocycles. The molecule has 8 nitrogen and oxygen atoms in total. The summed E-state index contributed by atoms with van der Waals surface area (Å²) >= 11 is 6.30. The van der Waals surface area contributed by atoms with Crippen molar-refractivity contribution in [1.29, 1.82) is 0 Å². The van der Waals surface area contributed by atoms with Crippen LogP contribution in [0.3, 0.4) is 0 Å². The molecule has 0 saturated carbocycles. The summed E-state index contributed by atoms with van der Waals surface area (Å²) in [7, 11) is 0. The van der Waals surface area contributed by atoms with Gasteiger partial charge < -0.3 is 8.94 Å². The number of nitro benzene ring substituents is 1. The van der Waals surface area contributed by atoms with Gasteiger partial charge in [0.2, 0.25) is 0 Å². The zero-order valence-corrected chi connectivity index (χ0v) is 15.8. The van der Waals surface area contributed by atoms with Crippen molar-refractivity contribution in [3.05, 3.63) is 81.9 Å². The second-order valence-electron chi connectivity index (χ2n) is 6.09. The largest absolute Gasteiger partial charge is 0.415 e. The first-order valence-electron chi connectivity index (χ1n) is 8.50. The molecule has 4 rings (SSSR count). The van der Waals surface area contributed by atoms with Gasteiger partial charge in [-0.3, -0.25) is 10.1 Å². The Kier molecular flexibility index (Phi) is 4.92. The van der Waals surface area contributed by atoms with Crippen LogP contribution in [-0.2, 0) is 0 Å². The summed E-state index contributed by atoms with van der Waals surface area (Å²) < 4.78 is 11.0. The minimum absolute atomic E-state index is 0.0398. The molecule has 0 aliphatic rings. The van der Waals surface area contributed by atoms with Gasteiger partial charge in [-0.15, -0.1) is 10.2 Å². The van der Waals surface area contributed by atoms with Crippen molar-refractivity contribution >= 4 is 28.4 Å². The standard InChI is InChI=1S/C20H13ClN4O4/c1-12-17(18(24-29-12)14-7-3-2-4-8-14)20-23-22-19(28-20)16(21)11-13-6-5-9-15(10-13)25(26)27/h2-11H,1H3/b16-11-. The lowest BCUT2D eigenvalue weighted by Gasteiger charge is -1.98. The zero-order valence-electron chi connectivity index (χ0n) is 15.1. The molecule has 2 aromatic carbocycles. The van der Waals surface area contributed by atoms with Gasteiger partial charge in [-0.1, -0.05) is 59.2 Å². The van der Waals surface area contributed by atoms with E-state index in [1.807, 2.05) is 30.3 Å². The lowest BCUT2D eigenvalue weighted by molar-refractivity contribution is -0.384. The predicted octanol–water partition coefficient (Wildman–Crippen LogP) is 5.35. The minimum atomic E-state index is -0.476. The average molecular weight is 409 g/mol. The number of hydrogen-bond donors (Lipinski definition) is 0. The van der Waals surface area contributed by atoms with Crippen LogP contribution in [0.2, 0.25) is 0 Å². The highest BCUT2D eigenvalue weighted by molar-refractivity contribution is 6.50. The molecule has 0 atom stereocenters. The molecule has 0 N–H and O–H groups in total. The van der Waals surface area contributed by atoms with Crippen LogP contribution in [0.15, 0.2) is 63.5 Å². The number of aromatic nitrogens is 3. The van der Waals surface area contributed by atoms with Gasteiger partial charge in [-0.2, -0.15) is 0 Å². The number of nitro groups is 1. The van der Waals surface area contributed by atoms with Crippen LogP contribution in [0.25, 0.3) is 33.8 Å². The van der Waals surface area contributed by atoms with Crippen LogP contribution in [-0.4, -0.2) is 20.3 Å². The van der Waals surface area contributed by atoms with Crippen LogP contribution in [0.5, 0.6) is 0 Å². The number of rotatable bonds is 5. The molecule has 0 aliphatic heterocycles. The molecule has 29 heavy (non-hydrogen) atoms. The van der Waals surface area contributed by atoms with Crippen molar-refractivity contribution in [1.82, 2.24) is 15.4 Å². The summed E-state index contributed by atoms with van der Waals surface area (Å²) in [6, 6.07) is 15.5. The smallest absolute Gasteiger partial charge is 0.270 e. The Labute approximate surface area is 169 Å². The first-order valence-corrected chi connectivity index (χ1v) is 8.88. The third-order valence-electron chi connectivity index (χ3n) is 4.13. The highest BCUT2D eigenvalue weighted by atomic mass is 35.5. The van der Waals surface area contributed by atoms with E-state index in [0.29, 0.717) is 22.6 Å². The number of non-ortho nitro benzene ring substituents is 1. The molecular weight excluding hydrogens is 396 g/mol. The monoisotopic (exact) mass is 408 g/mol. The van der Waals surface area contributed by atoms with Crippen LogP contribution in [0, 0.1) is 17.0 Å². The fraction of sp³-hybridized carbons (Fsp3) is 0.0500. The van der Waals surface area contributed by atoms with E-state index in [1.54, 1.807) is 19.1 Å². The maximum absolute atomic E-state index is 10.9. The third kappa shape index (κ3) is 3.78. The minimum Gasteiger partial charge on any atom is -0.415 e. The second kappa shape index (κ2) is 7.69. The van der Waals surface area contributed by atoms with E-state index in [2.05, 4.69) is 15.4 Å². The van der Waals surface area contributed by atoms with Crippen molar-refractivity contribution in [2.24, 2.45) is 0 Å². The quantitative estimate of drug-likeness (QED) is 0.323. The molecule has 0 radical (unpaired) electrons. The topological polar surface area (TPSA) is 108 Å². The maximum atomic E-state index is 10.9. The van der Waals surface area contributed by atoms with E-state index in [1.165, 1.54) is 18.2 Å². The molecular formula is C20H13ClN4O4. The van der Waals surface area contributed by atoms with E-state index < -0.39 is 4.92 Å². The van der Waals surface area contributed by atoms with Crippen LogP contribution >= 0.6 is 11.6 Å².